The van der Waals surface area contributed by atoms with E-state index in [0.29, 0.717) is 31.4 Å². The van der Waals surface area contributed by atoms with Gasteiger partial charge in [0.2, 0.25) is 0 Å². The highest BCUT2D eigenvalue weighted by Gasteiger charge is 2.45. The van der Waals surface area contributed by atoms with Gasteiger partial charge >= 0.3 is 6.03 Å². The van der Waals surface area contributed by atoms with Gasteiger partial charge in [0.25, 0.3) is 0 Å². The quantitative estimate of drug-likeness (QED) is 0.282. The maximum absolute atomic E-state index is 14.3. The maximum Gasteiger partial charge on any atom is 0.321 e. The van der Waals surface area contributed by atoms with Crippen molar-refractivity contribution in [2.75, 3.05) is 0 Å². The Bertz CT molecular complexity index is 1460. The summed E-state index contributed by atoms with van der Waals surface area (Å²) < 4.78 is 14.1. The Labute approximate surface area is 234 Å². The van der Waals surface area contributed by atoms with Gasteiger partial charge in [-0.1, -0.05) is 97.1 Å². The van der Waals surface area contributed by atoms with Gasteiger partial charge in [0.15, 0.2) is 0 Å². The first kappa shape index (κ1) is 27.1. The largest absolute Gasteiger partial charge is 0.389 e. The van der Waals surface area contributed by atoms with E-state index >= 15 is 0 Å². The molecule has 4 aromatic carbocycles. The second kappa shape index (κ2) is 12.6. The molecule has 2 amide bonds. The number of carbonyl (C=O) groups excluding carboxylic acids is 1. The van der Waals surface area contributed by atoms with E-state index in [-0.39, 0.29) is 18.1 Å². The van der Waals surface area contributed by atoms with E-state index in [9.17, 15) is 19.6 Å². The van der Waals surface area contributed by atoms with E-state index in [1.807, 2.05) is 97.1 Å². The zero-order valence-electron chi connectivity index (χ0n) is 22.2. The molecule has 1 N–H and O–H groups in total. The Balaban J connectivity index is 1.51. The van der Waals surface area contributed by atoms with Crippen molar-refractivity contribution in [3.8, 4) is 6.07 Å². The topological polar surface area (TPSA) is 67.6 Å². The van der Waals surface area contributed by atoms with Crippen LogP contribution in [-0.4, -0.2) is 39.1 Å². The molecule has 0 radical (unpaired) electrons. The number of rotatable bonds is 9. The Kier molecular flexibility index (Phi) is 8.53. The zero-order valence-corrected chi connectivity index (χ0v) is 22.2. The molecule has 202 valence electrons. The van der Waals surface area contributed by atoms with Gasteiger partial charge in [-0.15, -0.1) is 0 Å². The van der Waals surface area contributed by atoms with Crippen LogP contribution in [0.2, 0.25) is 0 Å². The smallest absolute Gasteiger partial charge is 0.321 e. The zero-order chi connectivity index (χ0) is 27.9. The lowest BCUT2D eigenvalue weighted by Crippen LogP contribution is -2.66. The Hall–Kier alpha value is -4.47. The van der Waals surface area contributed by atoms with Gasteiger partial charge in [-0.05, 0) is 53.6 Å². The minimum atomic E-state index is -0.832. The molecule has 0 aliphatic carbocycles. The van der Waals surface area contributed by atoms with E-state index in [2.05, 4.69) is 0 Å². The van der Waals surface area contributed by atoms with Crippen LogP contribution in [-0.2, 0) is 25.9 Å². The Morgan fingerprint density at radius 2 is 1.27 bits per heavy atom. The molecular weight excluding hydrogens is 501 g/mol. The van der Waals surface area contributed by atoms with Crippen LogP contribution in [0.1, 0.15) is 34.2 Å². The average molecular weight is 534 g/mol. The number of carbonyl (C=O) groups is 1. The van der Waals surface area contributed by atoms with Gasteiger partial charge in [0.1, 0.15) is 11.9 Å². The SMILES string of the molecule is N#Cc1cc(CN2C(=O)N(Cc3ccccc3)C(Cc3ccccc3)C(O)C2CCc2ccccc2)ccc1F. The van der Waals surface area contributed by atoms with Gasteiger partial charge in [0.05, 0.1) is 23.8 Å². The molecule has 4 aromatic rings. The van der Waals surface area contributed by atoms with Crippen molar-refractivity contribution in [1.82, 2.24) is 9.80 Å². The normalized spacial score (nSPS) is 18.9. The van der Waals surface area contributed by atoms with Crippen molar-refractivity contribution in [2.24, 2.45) is 0 Å². The fraction of sp³-hybridized carbons (Fsp3) is 0.235. The van der Waals surface area contributed by atoms with E-state index in [1.165, 1.54) is 12.1 Å². The molecule has 1 fully saturated rings. The molecule has 5 rings (SSSR count). The van der Waals surface area contributed by atoms with Gasteiger partial charge in [-0.2, -0.15) is 5.26 Å². The average Bonchev–Trinajstić information content (AvgIpc) is 2.99. The molecule has 1 aliphatic rings. The molecule has 3 unspecified atom stereocenters. The van der Waals surface area contributed by atoms with Crippen molar-refractivity contribution in [3.05, 3.63) is 143 Å². The number of halogens is 1. The van der Waals surface area contributed by atoms with Crippen LogP contribution in [0.25, 0.3) is 0 Å². The highest BCUT2D eigenvalue weighted by Crippen LogP contribution is 2.31. The van der Waals surface area contributed by atoms with Crippen molar-refractivity contribution in [2.45, 2.75) is 50.5 Å². The number of aliphatic hydroxyl groups excluding tert-OH is 1. The lowest BCUT2D eigenvalue weighted by molar-refractivity contribution is -0.0453. The fourth-order valence-electron chi connectivity index (χ4n) is 5.55. The second-order valence-corrected chi connectivity index (χ2v) is 10.3. The first-order valence-electron chi connectivity index (χ1n) is 13.6. The van der Waals surface area contributed by atoms with Crippen molar-refractivity contribution >= 4 is 6.03 Å². The van der Waals surface area contributed by atoms with E-state index in [4.69, 9.17) is 0 Å². The number of benzene rings is 4. The van der Waals surface area contributed by atoms with Crippen LogP contribution in [0.4, 0.5) is 9.18 Å². The van der Waals surface area contributed by atoms with Crippen molar-refractivity contribution in [3.63, 3.8) is 0 Å². The predicted molar refractivity (Wildman–Crippen MR) is 153 cm³/mol. The fourth-order valence-corrected chi connectivity index (χ4v) is 5.55. The monoisotopic (exact) mass is 533 g/mol. The molecule has 40 heavy (non-hydrogen) atoms. The van der Waals surface area contributed by atoms with Crippen LogP contribution in [0.3, 0.4) is 0 Å². The van der Waals surface area contributed by atoms with Gasteiger partial charge in [-0.25, -0.2) is 9.18 Å². The third-order valence-electron chi connectivity index (χ3n) is 7.64. The third-order valence-corrected chi connectivity index (χ3v) is 7.64. The van der Waals surface area contributed by atoms with Crippen LogP contribution < -0.4 is 0 Å². The van der Waals surface area contributed by atoms with E-state index < -0.39 is 24.0 Å². The van der Waals surface area contributed by atoms with Crippen molar-refractivity contribution < 1.29 is 14.3 Å². The predicted octanol–water partition coefficient (Wildman–Crippen LogP) is 6.11. The van der Waals surface area contributed by atoms with Crippen molar-refractivity contribution in [1.29, 1.82) is 5.26 Å². The molecule has 0 saturated carbocycles. The lowest BCUT2D eigenvalue weighted by atomic mass is 9.88. The summed E-state index contributed by atoms with van der Waals surface area (Å²) in [5.74, 6) is -0.592. The first-order chi connectivity index (χ1) is 19.5. The summed E-state index contributed by atoms with van der Waals surface area (Å²) in [7, 11) is 0. The number of nitrogens with zero attached hydrogens (tertiary/aromatic N) is 3. The lowest BCUT2D eigenvalue weighted by Gasteiger charge is -2.49. The molecule has 1 saturated heterocycles. The summed E-state index contributed by atoms with van der Waals surface area (Å²) in [4.78, 5) is 17.8. The minimum absolute atomic E-state index is 0.0635. The summed E-state index contributed by atoms with van der Waals surface area (Å²) in [5, 5.41) is 21.3. The highest BCUT2D eigenvalue weighted by atomic mass is 19.1. The van der Waals surface area contributed by atoms with Crippen LogP contribution in [0.5, 0.6) is 0 Å². The number of nitriles is 1. The Morgan fingerprint density at radius 3 is 1.90 bits per heavy atom. The third kappa shape index (κ3) is 6.22. The number of aliphatic hydroxyl groups is 1. The molecular formula is C34H32FN3O2. The van der Waals surface area contributed by atoms with Gasteiger partial charge < -0.3 is 14.9 Å². The number of aryl methyl sites for hydroxylation is 1. The minimum Gasteiger partial charge on any atom is -0.389 e. The molecule has 0 spiro atoms. The number of amides is 2. The Morgan fingerprint density at radius 1 is 0.725 bits per heavy atom. The van der Waals surface area contributed by atoms with E-state index in [0.717, 1.165) is 16.7 Å². The summed E-state index contributed by atoms with van der Waals surface area (Å²) >= 11 is 0. The van der Waals surface area contributed by atoms with Gasteiger partial charge in [0, 0.05) is 13.1 Å². The maximum atomic E-state index is 14.3. The molecule has 0 aromatic heterocycles. The summed E-state index contributed by atoms with van der Waals surface area (Å²) in [5.41, 5.74) is 3.72. The number of hydrogen-bond donors (Lipinski definition) is 1. The first-order valence-corrected chi connectivity index (χ1v) is 13.6. The number of hydrogen-bond acceptors (Lipinski definition) is 3. The molecule has 3 atom stereocenters. The van der Waals surface area contributed by atoms with E-state index in [1.54, 1.807) is 15.9 Å². The molecule has 1 aliphatic heterocycles. The highest BCUT2D eigenvalue weighted by molar-refractivity contribution is 5.77. The second-order valence-electron chi connectivity index (χ2n) is 10.3. The number of urea groups is 1. The van der Waals surface area contributed by atoms with Crippen LogP contribution in [0.15, 0.2) is 109 Å². The van der Waals surface area contributed by atoms with Gasteiger partial charge in [-0.3, -0.25) is 0 Å². The summed E-state index contributed by atoms with van der Waals surface area (Å²) in [6.07, 6.45) is 0.941. The standard InChI is InChI=1S/C34H32FN3O2/c35-30-18-16-28(20-29(30)22-36)24-37-31(19-17-25-10-4-1-5-11-25)33(39)32(21-26-12-6-2-7-13-26)38(34(37)40)23-27-14-8-3-9-15-27/h1-16,18,20,31-33,39H,17,19,21,23-24H2. The molecule has 0 bridgehead atoms. The molecule has 1 heterocycles. The summed E-state index contributed by atoms with van der Waals surface area (Å²) in [6.45, 7) is 0.511. The van der Waals surface area contributed by atoms with Crippen LogP contribution in [0, 0.1) is 17.1 Å². The van der Waals surface area contributed by atoms with Crippen LogP contribution >= 0.6 is 0 Å². The summed E-state index contributed by atoms with van der Waals surface area (Å²) in [6, 6.07) is 34.9. The molecule has 6 heteroatoms. The molecule has 5 nitrogen and oxygen atoms in total.